The second kappa shape index (κ2) is 4.65. The normalized spacial score (nSPS) is 16.9. The number of hydrogen-bond donors (Lipinski definition) is 2. The van der Waals surface area contributed by atoms with Gasteiger partial charge in [-0.05, 0) is 25.1 Å². The lowest BCUT2D eigenvalue weighted by Gasteiger charge is -2.00. The summed E-state index contributed by atoms with van der Waals surface area (Å²) in [6.07, 6.45) is 3.28. The van der Waals surface area contributed by atoms with Crippen molar-refractivity contribution in [3.63, 3.8) is 0 Å². The molecule has 1 amide bonds. The Bertz CT molecular complexity index is 500. The summed E-state index contributed by atoms with van der Waals surface area (Å²) in [5, 5.41) is 3.66. The zero-order valence-electron chi connectivity index (χ0n) is 9.19. The van der Waals surface area contributed by atoms with Crippen molar-refractivity contribution in [2.24, 2.45) is 5.10 Å². The lowest BCUT2D eigenvalue weighted by Crippen LogP contribution is -2.20. The Labute approximate surface area is 97.4 Å². The molecule has 2 rings (SSSR count). The number of nitrogens with zero attached hydrogens (tertiary/aromatic N) is 1. The maximum Gasteiger partial charge on any atom is 0.359 e. The van der Waals surface area contributed by atoms with Crippen molar-refractivity contribution in [3.8, 4) is 0 Å². The first-order chi connectivity index (χ1) is 8.22. The molecule has 0 aromatic carbocycles. The molecule has 0 fully saturated rings. The fourth-order valence-electron chi connectivity index (χ4n) is 1.41. The number of hydrazone groups is 1. The first kappa shape index (κ1) is 11.1. The number of H-pyrrole nitrogens is 1. The number of aromatic nitrogens is 1. The van der Waals surface area contributed by atoms with E-state index < -0.39 is 11.9 Å². The van der Waals surface area contributed by atoms with Gasteiger partial charge in [0.2, 0.25) is 0 Å². The summed E-state index contributed by atoms with van der Waals surface area (Å²) in [5.41, 5.74) is 3.16. The highest BCUT2D eigenvalue weighted by molar-refractivity contribution is 6.52. The minimum atomic E-state index is -0.608. The van der Waals surface area contributed by atoms with Crippen molar-refractivity contribution in [1.82, 2.24) is 10.4 Å². The molecule has 6 nitrogen and oxygen atoms in total. The van der Waals surface area contributed by atoms with Crippen molar-refractivity contribution >= 4 is 23.7 Å². The van der Waals surface area contributed by atoms with Crippen molar-refractivity contribution in [2.75, 3.05) is 6.61 Å². The number of aromatic amines is 1. The first-order valence-corrected chi connectivity index (χ1v) is 5.13. The number of esters is 1. The highest BCUT2D eigenvalue weighted by atomic mass is 16.5. The third kappa shape index (κ3) is 2.25. The van der Waals surface area contributed by atoms with Crippen LogP contribution >= 0.6 is 0 Å². The van der Waals surface area contributed by atoms with Crippen LogP contribution in [0.1, 0.15) is 12.6 Å². The molecular formula is C11H11N3O3. The van der Waals surface area contributed by atoms with Crippen molar-refractivity contribution in [1.29, 1.82) is 0 Å². The molecule has 2 heterocycles. The number of amides is 1. The summed E-state index contributed by atoms with van der Waals surface area (Å²) < 4.78 is 4.81. The third-order valence-electron chi connectivity index (χ3n) is 2.16. The van der Waals surface area contributed by atoms with E-state index in [1.165, 1.54) is 0 Å². The van der Waals surface area contributed by atoms with Gasteiger partial charge in [0, 0.05) is 11.9 Å². The summed E-state index contributed by atoms with van der Waals surface area (Å²) in [7, 11) is 0. The number of ether oxygens (including phenoxy) is 1. The van der Waals surface area contributed by atoms with Crippen LogP contribution in [0.25, 0.3) is 6.08 Å². The van der Waals surface area contributed by atoms with Crippen LogP contribution in [0.3, 0.4) is 0 Å². The molecule has 0 saturated heterocycles. The number of carbonyl (C=O) groups is 2. The lowest BCUT2D eigenvalue weighted by molar-refractivity contribution is -0.135. The molecular weight excluding hydrogens is 222 g/mol. The third-order valence-corrected chi connectivity index (χ3v) is 2.16. The molecule has 0 radical (unpaired) electrons. The number of hydrogen-bond acceptors (Lipinski definition) is 4. The molecule has 0 spiro atoms. The zero-order chi connectivity index (χ0) is 12.3. The summed E-state index contributed by atoms with van der Waals surface area (Å²) in [5.74, 6) is -1.02. The van der Waals surface area contributed by atoms with Gasteiger partial charge in [0.05, 0.1) is 12.2 Å². The van der Waals surface area contributed by atoms with E-state index in [4.69, 9.17) is 4.74 Å². The highest BCUT2D eigenvalue weighted by Gasteiger charge is 2.29. The van der Waals surface area contributed by atoms with Gasteiger partial charge < -0.3 is 9.72 Å². The van der Waals surface area contributed by atoms with Gasteiger partial charge in [0.1, 0.15) is 0 Å². The summed E-state index contributed by atoms with van der Waals surface area (Å²) >= 11 is 0. The Morgan fingerprint density at radius 3 is 3.06 bits per heavy atom. The van der Waals surface area contributed by atoms with E-state index >= 15 is 0 Å². The monoisotopic (exact) mass is 233 g/mol. The molecule has 2 N–H and O–H groups in total. The minimum absolute atomic E-state index is 0.00597. The van der Waals surface area contributed by atoms with E-state index in [2.05, 4.69) is 15.5 Å². The first-order valence-electron chi connectivity index (χ1n) is 5.13. The molecule has 88 valence electrons. The average Bonchev–Trinajstić information content (AvgIpc) is 2.91. The molecule has 1 aliphatic heterocycles. The van der Waals surface area contributed by atoms with Gasteiger partial charge in [0.15, 0.2) is 5.71 Å². The van der Waals surface area contributed by atoms with E-state index in [-0.39, 0.29) is 17.9 Å². The van der Waals surface area contributed by atoms with E-state index in [1.807, 2.05) is 0 Å². The molecule has 1 aliphatic rings. The van der Waals surface area contributed by atoms with E-state index in [0.29, 0.717) is 5.69 Å². The Balaban J connectivity index is 2.28. The number of carbonyl (C=O) groups excluding carboxylic acids is 2. The van der Waals surface area contributed by atoms with E-state index in [9.17, 15) is 9.59 Å². The zero-order valence-corrected chi connectivity index (χ0v) is 9.19. The van der Waals surface area contributed by atoms with Crippen LogP contribution in [0.5, 0.6) is 0 Å². The summed E-state index contributed by atoms with van der Waals surface area (Å²) in [6.45, 7) is 1.93. The predicted molar refractivity (Wildman–Crippen MR) is 61.0 cm³/mol. The van der Waals surface area contributed by atoms with Gasteiger partial charge in [-0.25, -0.2) is 10.2 Å². The van der Waals surface area contributed by atoms with Gasteiger partial charge >= 0.3 is 5.97 Å². The predicted octanol–water partition coefficient (Wildman–Crippen LogP) is 0.447. The number of rotatable bonds is 3. The summed E-state index contributed by atoms with van der Waals surface area (Å²) in [6, 6.07) is 3.57. The smallest absolute Gasteiger partial charge is 0.359 e. The summed E-state index contributed by atoms with van der Waals surface area (Å²) in [4.78, 5) is 26.0. The highest BCUT2D eigenvalue weighted by Crippen LogP contribution is 2.12. The van der Waals surface area contributed by atoms with Crippen molar-refractivity contribution in [3.05, 3.63) is 29.6 Å². The van der Waals surface area contributed by atoms with Crippen molar-refractivity contribution < 1.29 is 14.3 Å². The molecule has 17 heavy (non-hydrogen) atoms. The Kier molecular flexibility index (Phi) is 3.04. The lowest BCUT2D eigenvalue weighted by atomic mass is 10.1. The van der Waals surface area contributed by atoms with Gasteiger partial charge in [-0.15, -0.1) is 0 Å². The Morgan fingerprint density at radius 1 is 1.59 bits per heavy atom. The fraction of sp³-hybridized carbons (Fsp3) is 0.182. The number of nitrogens with one attached hydrogen (secondary N) is 2. The maximum atomic E-state index is 11.5. The van der Waals surface area contributed by atoms with Gasteiger partial charge in [-0.1, -0.05) is 0 Å². The molecule has 0 atom stereocenters. The van der Waals surface area contributed by atoms with Crippen molar-refractivity contribution in [2.45, 2.75) is 6.92 Å². The quantitative estimate of drug-likeness (QED) is 0.587. The molecule has 0 unspecified atom stereocenters. The molecule has 1 aromatic rings. The Morgan fingerprint density at radius 2 is 2.41 bits per heavy atom. The Hall–Kier alpha value is -2.37. The molecule has 6 heteroatoms. The van der Waals surface area contributed by atoms with E-state index in [1.54, 1.807) is 31.3 Å². The molecule has 0 aliphatic carbocycles. The molecule has 0 bridgehead atoms. The SMILES string of the molecule is CCOC(=O)C1=NNC(=O)C1=Cc1ccc[nH]1. The van der Waals surface area contributed by atoms with Crippen LogP contribution in [-0.2, 0) is 14.3 Å². The molecule has 1 aromatic heterocycles. The fourth-order valence-corrected chi connectivity index (χ4v) is 1.41. The van der Waals surface area contributed by atoms with Crippen LogP contribution in [-0.4, -0.2) is 29.2 Å². The maximum absolute atomic E-state index is 11.5. The largest absolute Gasteiger partial charge is 0.461 e. The van der Waals surface area contributed by atoms with Crippen LogP contribution in [0.15, 0.2) is 29.0 Å². The topological polar surface area (TPSA) is 83.5 Å². The van der Waals surface area contributed by atoms with Crippen LogP contribution in [0, 0.1) is 0 Å². The van der Waals surface area contributed by atoms with Gasteiger partial charge in [0.25, 0.3) is 5.91 Å². The second-order valence-corrected chi connectivity index (χ2v) is 3.31. The van der Waals surface area contributed by atoms with Crippen LogP contribution < -0.4 is 5.43 Å². The standard InChI is InChI=1S/C11H11N3O3/c1-2-17-11(16)9-8(10(15)14-13-9)6-7-4-3-5-12-7/h3-6,12H,2H2,1H3,(H,14,15). The van der Waals surface area contributed by atoms with E-state index in [0.717, 1.165) is 0 Å². The van der Waals surface area contributed by atoms with Crippen LogP contribution in [0.2, 0.25) is 0 Å². The van der Waals surface area contributed by atoms with Gasteiger partial charge in [-0.2, -0.15) is 5.10 Å². The van der Waals surface area contributed by atoms with Gasteiger partial charge in [-0.3, -0.25) is 4.79 Å². The average molecular weight is 233 g/mol. The second-order valence-electron chi connectivity index (χ2n) is 3.31. The molecule has 0 saturated carbocycles. The van der Waals surface area contributed by atoms with Crippen LogP contribution in [0.4, 0.5) is 0 Å². The minimum Gasteiger partial charge on any atom is -0.461 e.